The van der Waals surface area contributed by atoms with Crippen LogP contribution in [0.25, 0.3) is 0 Å². The molecule has 0 aromatic heterocycles. The number of phenols is 1. The number of benzene rings is 1. The van der Waals surface area contributed by atoms with E-state index in [-0.39, 0.29) is 11.7 Å². The molecule has 0 spiro atoms. The average molecular weight is 220 g/mol. The lowest BCUT2D eigenvalue weighted by Crippen LogP contribution is -2.33. The smallest absolute Gasteiger partial charge is 0.316 e. The third-order valence-corrected chi connectivity index (χ3v) is 3.45. The van der Waals surface area contributed by atoms with Crippen molar-refractivity contribution in [2.45, 2.75) is 31.1 Å². The zero-order chi connectivity index (χ0) is 11.6. The molecule has 86 valence electrons. The Kier molecular flexibility index (Phi) is 2.86. The number of carbonyl (C=O) groups is 1. The minimum Gasteiger partial charge on any atom is -0.508 e. The molecule has 1 aromatic rings. The van der Waals surface area contributed by atoms with Gasteiger partial charge in [0.15, 0.2) is 0 Å². The first-order valence-corrected chi connectivity index (χ1v) is 5.57. The lowest BCUT2D eigenvalue weighted by atomic mass is 9.79. The zero-order valence-corrected chi connectivity index (χ0v) is 9.40. The van der Waals surface area contributed by atoms with Crippen LogP contribution in [0, 0.1) is 0 Å². The summed E-state index contributed by atoms with van der Waals surface area (Å²) in [6, 6.07) is 6.88. The predicted octanol–water partition coefficient (Wildman–Crippen LogP) is 2.38. The van der Waals surface area contributed by atoms with Gasteiger partial charge in [0.2, 0.25) is 0 Å². The van der Waals surface area contributed by atoms with Crippen LogP contribution in [-0.2, 0) is 14.9 Å². The van der Waals surface area contributed by atoms with Crippen LogP contribution in [0.4, 0.5) is 0 Å². The maximum absolute atomic E-state index is 11.9. The lowest BCUT2D eigenvalue weighted by molar-refractivity contribution is -0.147. The second-order valence-corrected chi connectivity index (χ2v) is 4.33. The van der Waals surface area contributed by atoms with E-state index in [1.165, 1.54) is 7.11 Å². The monoisotopic (exact) mass is 220 g/mol. The van der Waals surface area contributed by atoms with Crippen molar-refractivity contribution in [3.63, 3.8) is 0 Å². The standard InChI is InChI=1S/C13H16O3/c1-16-12(15)13(8-2-3-9-13)10-4-6-11(14)7-5-10/h4-7,14H,2-3,8-9H2,1H3. The topological polar surface area (TPSA) is 46.5 Å². The molecule has 0 heterocycles. The molecule has 1 N–H and O–H groups in total. The number of hydrogen-bond donors (Lipinski definition) is 1. The summed E-state index contributed by atoms with van der Waals surface area (Å²) in [5.41, 5.74) is 0.470. The van der Waals surface area contributed by atoms with Crippen LogP contribution in [-0.4, -0.2) is 18.2 Å². The summed E-state index contributed by atoms with van der Waals surface area (Å²) in [5, 5.41) is 9.26. The van der Waals surface area contributed by atoms with Gasteiger partial charge in [0.1, 0.15) is 5.75 Å². The van der Waals surface area contributed by atoms with Gasteiger partial charge >= 0.3 is 5.97 Å². The summed E-state index contributed by atoms with van der Waals surface area (Å²) in [6.07, 6.45) is 3.78. The molecule has 1 saturated carbocycles. The fourth-order valence-corrected chi connectivity index (χ4v) is 2.57. The van der Waals surface area contributed by atoms with Gasteiger partial charge in [0.25, 0.3) is 0 Å². The molecule has 0 unspecified atom stereocenters. The highest BCUT2D eigenvalue weighted by molar-refractivity contribution is 5.83. The fourth-order valence-electron chi connectivity index (χ4n) is 2.57. The Hall–Kier alpha value is -1.51. The number of methoxy groups -OCH3 is 1. The van der Waals surface area contributed by atoms with E-state index in [1.807, 2.05) is 12.1 Å². The molecule has 2 rings (SSSR count). The normalized spacial score (nSPS) is 18.3. The van der Waals surface area contributed by atoms with Gasteiger partial charge in [-0.2, -0.15) is 0 Å². The molecule has 0 aliphatic heterocycles. The Morgan fingerprint density at radius 1 is 1.25 bits per heavy atom. The number of carbonyl (C=O) groups excluding carboxylic acids is 1. The molecule has 0 bridgehead atoms. The molecule has 0 radical (unpaired) electrons. The van der Waals surface area contributed by atoms with E-state index < -0.39 is 5.41 Å². The van der Waals surface area contributed by atoms with Crippen molar-refractivity contribution in [1.82, 2.24) is 0 Å². The van der Waals surface area contributed by atoms with E-state index in [0.29, 0.717) is 0 Å². The second-order valence-electron chi connectivity index (χ2n) is 4.33. The van der Waals surface area contributed by atoms with E-state index >= 15 is 0 Å². The zero-order valence-electron chi connectivity index (χ0n) is 9.40. The molecule has 0 atom stereocenters. The first-order chi connectivity index (χ1) is 7.69. The van der Waals surface area contributed by atoms with Gasteiger partial charge in [-0.05, 0) is 30.5 Å². The number of hydrogen-bond acceptors (Lipinski definition) is 3. The summed E-state index contributed by atoms with van der Waals surface area (Å²) in [6.45, 7) is 0. The van der Waals surface area contributed by atoms with Gasteiger partial charge < -0.3 is 9.84 Å². The third-order valence-electron chi connectivity index (χ3n) is 3.45. The van der Waals surface area contributed by atoms with E-state index in [2.05, 4.69) is 0 Å². The molecule has 16 heavy (non-hydrogen) atoms. The van der Waals surface area contributed by atoms with Gasteiger partial charge in [-0.1, -0.05) is 25.0 Å². The van der Waals surface area contributed by atoms with Gasteiger partial charge in [0.05, 0.1) is 12.5 Å². The van der Waals surface area contributed by atoms with Crippen molar-refractivity contribution < 1.29 is 14.6 Å². The highest BCUT2D eigenvalue weighted by atomic mass is 16.5. The van der Waals surface area contributed by atoms with E-state index in [4.69, 9.17) is 4.74 Å². The first-order valence-electron chi connectivity index (χ1n) is 5.57. The molecule has 0 amide bonds. The second kappa shape index (κ2) is 4.16. The summed E-state index contributed by atoms with van der Waals surface area (Å²) >= 11 is 0. The van der Waals surface area contributed by atoms with Crippen molar-refractivity contribution in [3.05, 3.63) is 29.8 Å². The van der Waals surface area contributed by atoms with Crippen molar-refractivity contribution in [2.75, 3.05) is 7.11 Å². The number of aromatic hydroxyl groups is 1. The van der Waals surface area contributed by atoms with Crippen LogP contribution in [0.5, 0.6) is 5.75 Å². The quantitative estimate of drug-likeness (QED) is 0.778. The molecule has 1 aromatic carbocycles. The van der Waals surface area contributed by atoms with Crippen LogP contribution in [0.3, 0.4) is 0 Å². The Morgan fingerprint density at radius 3 is 2.31 bits per heavy atom. The van der Waals surface area contributed by atoms with Gasteiger partial charge in [-0.15, -0.1) is 0 Å². The third kappa shape index (κ3) is 1.66. The summed E-state index contributed by atoms with van der Waals surface area (Å²) in [4.78, 5) is 11.9. The van der Waals surface area contributed by atoms with Crippen molar-refractivity contribution in [2.24, 2.45) is 0 Å². The SMILES string of the molecule is COC(=O)C1(c2ccc(O)cc2)CCCC1. The number of esters is 1. The summed E-state index contributed by atoms with van der Waals surface area (Å²) < 4.78 is 4.92. The number of rotatable bonds is 2. The van der Waals surface area contributed by atoms with Crippen LogP contribution >= 0.6 is 0 Å². The maximum atomic E-state index is 11.9. The molecule has 1 aliphatic rings. The van der Waals surface area contributed by atoms with Gasteiger partial charge in [0, 0.05) is 0 Å². The first kappa shape index (κ1) is 11.0. The highest BCUT2D eigenvalue weighted by Gasteiger charge is 2.43. The van der Waals surface area contributed by atoms with E-state index in [0.717, 1.165) is 31.2 Å². The summed E-state index contributed by atoms with van der Waals surface area (Å²) in [7, 11) is 1.43. The van der Waals surface area contributed by atoms with Gasteiger partial charge in [-0.3, -0.25) is 4.79 Å². The Balaban J connectivity index is 2.39. The van der Waals surface area contributed by atoms with E-state index in [1.54, 1.807) is 12.1 Å². The van der Waals surface area contributed by atoms with Crippen molar-refractivity contribution >= 4 is 5.97 Å². The molecule has 1 fully saturated rings. The Bertz CT molecular complexity index is 375. The highest BCUT2D eigenvalue weighted by Crippen LogP contribution is 2.42. The maximum Gasteiger partial charge on any atom is 0.316 e. The molecular weight excluding hydrogens is 204 g/mol. The molecule has 3 nitrogen and oxygen atoms in total. The minimum absolute atomic E-state index is 0.157. The Labute approximate surface area is 95.0 Å². The molecule has 3 heteroatoms. The van der Waals surface area contributed by atoms with Crippen molar-refractivity contribution in [3.8, 4) is 5.75 Å². The van der Waals surface area contributed by atoms with E-state index in [9.17, 15) is 9.90 Å². The van der Waals surface area contributed by atoms with Crippen LogP contribution in [0.1, 0.15) is 31.2 Å². The predicted molar refractivity (Wildman–Crippen MR) is 60.3 cm³/mol. The Morgan fingerprint density at radius 2 is 1.81 bits per heavy atom. The largest absolute Gasteiger partial charge is 0.508 e. The van der Waals surface area contributed by atoms with Crippen molar-refractivity contribution in [1.29, 1.82) is 0 Å². The molecule has 0 saturated heterocycles. The number of ether oxygens (including phenoxy) is 1. The van der Waals surface area contributed by atoms with Crippen LogP contribution in [0.15, 0.2) is 24.3 Å². The molecule has 1 aliphatic carbocycles. The lowest BCUT2D eigenvalue weighted by Gasteiger charge is -2.26. The summed E-state index contributed by atoms with van der Waals surface area (Å²) in [5.74, 6) is 0.0671. The van der Waals surface area contributed by atoms with Crippen LogP contribution < -0.4 is 0 Å². The van der Waals surface area contributed by atoms with Gasteiger partial charge in [-0.25, -0.2) is 0 Å². The molecular formula is C13H16O3. The number of phenolic OH excluding ortho intramolecular Hbond substituents is 1. The average Bonchev–Trinajstić information content (AvgIpc) is 2.79. The fraction of sp³-hybridized carbons (Fsp3) is 0.462. The van der Waals surface area contributed by atoms with Crippen LogP contribution in [0.2, 0.25) is 0 Å². The minimum atomic E-state index is -0.484.